The molecule has 0 unspecified atom stereocenters. The van der Waals surface area contributed by atoms with Crippen molar-refractivity contribution in [3.8, 4) is 5.75 Å². The number of benzene rings is 2. The molecule has 1 fully saturated rings. The maximum absolute atomic E-state index is 13.0. The van der Waals surface area contributed by atoms with E-state index in [0.717, 1.165) is 43.1 Å². The van der Waals surface area contributed by atoms with Crippen LogP contribution in [0.1, 0.15) is 30.4 Å². The van der Waals surface area contributed by atoms with Crippen LogP contribution in [0.4, 0.5) is 18.9 Å². The molecule has 2 aromatic rings. The minimum absolute atomic E-state index is 0.0592. The summed E-state index contributed by atoms with van der Waals surface area (Å²) in [5.74, 6) is 1.11. The quantitative estimate of drug-likeness (QED) is 0.433. The summed E-state index contributed by atoms with van der Waals surface area (Å²) in [6.45, 7) is 5.30. The minimum atomic E-state index is -4.59. The lowest BCUT2D eigenvalue weighted by Gasteiger charge is -2.25. The average Bonchev–Trinajstić information content (AvgIpc) is 3.37. The molecule has 1 N–H and O–H groups in total. The van der Waals surface area contributed by atoms with E-state index >= 15 is 0 Å². The van der Waals surface area contributed by atoms with Gasteiger partial charge in [-0.2, -0.15) is 13.2 Å². The summed E-state index contributed by atoms with van der Waals surface area (Å²) < 4.78 is 44.9. The smallest absolute Gasteiger partial charge is 0.417 e. The van der Waals surface area contributed by atoms with Gasteiger partial charge in [-0.1, -0.05) is 23.7 Å². The van der Waals surface area contributed by atoms with Gasteiger partial charge >= 0.3 is 6.18 Å². The third-order valence-electron chi connectivity index (χ3n) is 6.23. The molecule has 1 amide bonds. The number of hydrogen-bond donors (Lipinski definition) is 1. The van der Waals surface area contributed by atoms with Crippen molar-refractivity contribution in [2.45, 2.75) is 31.9 Å². The molecule has 2 aliphatic rings. The van der Waals surface area contributed by atoms with Crippen LogP contribution in [-0.4, -0.2) is 48.4 Å². The maximum Gasteiger partial charge on any atom is 0.417 e. The predicted octanol–water partition coefficient (Wildman–Crippen LogP) is 6.12. The summed E-state index contributed by atoms with van der Waals surface area (Å²) in [7, 11) is 0. The molecule has 2 aliphatic heterocycles. The number of allylic oxidation sites excluding steroid dienone is 1. The summed E-state index contributed by atoms with van der Waals surface area (Å²) in [6.07, 6.45) is 4.68. The van der Waals surface area contributed by atoms with Gasteiger partial charge in [0.2, 0.25) is 5.91 Å². The van der Waals surface area contributed by atoms with Crippen LogP contribution >= 0.6 is 11.6 Å². The molecule has 0 radical (unpaired) electrons. The van der Waals surface area contributed by atoms with Crippen LogP contribution in [0.3, 0.4) is 0 Å². The van der Waals surface area contributed by atoms with Crippen molar-refractivity contribution in [2.24, 2.45) is 0 Å². The third kappa shape index (κ3) is 7.51. The SMILES string of the molecule is O=C(CCc1ccc(OC2=CCN(CCN3CCCC3)C=C2)cc1)Nc1ccc(Cl)c(C(F)(F)F)c1. The van der Waals surface area contributed by atoms with Crippen LogP contribution in [0.5, 0.6) is 5.75 Å². The number of amides is 1. The van der Waals surface area contributed by atoms with Crippen LogP contribution in [0.15, 0.2) is 66.6 Å². The van der Waals surface area contributed by atoms with E-state index < -0.39 is 16.8 Å². The van der Waals surface area contributed by atoms with E-state index in [-0.39, 0.29) is 18.0 Å². The molecule has 1 saturated heterocycles. The number of carbonyl (C=O) groups is 1. The number of aryl methyl sites for hydroxylation is 1. The van der Waals surface area contributed by atoms with Gasteiger partial charge in [0.15, 0.2) is 0 Å². The molecular formula is C27H29ClF3N3O2. The Labute approximate surface area is 214 Å². The van der Waals surface area contributed by atoms with Crippen molar-refractivity contribution in [2.75, 3.05) is 38.0 Å². The fraction of sp³-hybridized carbons (Fsp3) is 0.370. The van der Waals surface area contributed by atoms with Crippen molar-refractivity contribution in [1.82, 2.24) is 9.80 Å². The number of ether oxygens (including phenoxy) is 1. The molecule has 0 bridgehead atoms. The zero-order valence-corrected chi connectivity index (χ0v) is 20.6. The minimum Gasteiger partial charge on any atom is -0.458 e. The first-order chi connectivity index (χ1) is 17.3. The van der Waals surface area contributed by atoms with Crippen LogP contribution in [0.25, 0.3) is 0 Å². The zero-order valence-electron chi connectivity index (χ0n) is 19.9. The average molecular weight is 520 g/mol. The Kier molecular flexibility index (Phi) is 8.59. The van der Waals surface area contributed by atoms with Crippen molar-refractivity contribution in [1.29, 1.82) is 0 Å². The third-order valence-corrected chi connectivity index (χ3v) is 6.56. The Morgan fingerprint density at radius 2 is 1.81 bits per heavy atom. The molecule has 2 aromatic carbocycles. The van der Waals surface area contributed by atoms with E-state index in [2.05, 4.69) is 27.4 Å². The molecule has 4 rings (SSSR count). The first-order valence-electron chi connectivity index (χ1n) is 12.0. The van der Waals surface area contributed by atoms with E-state index in [0.29, 0.717) is 12.2 Å². The summed E-state index contributed by atoms with van der Waals surface area (Å²) in [5, 5.41) is 2.10. The van der Waals surface area contributed by atoms with Gasteiger partial charge in [0.05, 0.1) is 10.6 Å². The normalized spacial score (nSPS) is 16.2. The number of carbonyl (C=O) groups excluding carboxylic acids is 1. The highest BCUT2D eigenvalue weighted by Gasteiger charge is 2.33. The van der Waals surface area contributed by atoms with Gasteiger partial charge in [-0.05, 0) is 80.4 Å². The fourth-order valence-electron chi connectivity index (χ4n) is 4.19. The van der Waals surface area contributed by atoms with Crippen LogP contribution in [0, 0.1) is 0 Å². The van der Waals surface area contributed by atoms with E-state index in [1.54, 1.807) is 0 Å². The molecule has 0 aliphatic carbocycles. The molecule has 0 spiro atoms. The van der Waals surface area contributed by atoms with Gasteiger partial charge < -0.3 is 19.9 Å². The van der Waals surface area contributed by atoms with Crippen LogP contribution in [-0.2, 0) is 17.4 Å². The van der Waals surface area contributed by atoms with E-state index in [1.165, 1.54) is 32.0 Å². The van der Waals surface area contributed by atoms with Crippen molar-refractivity contribution in [3.05, 3.63) is 82.7 Å². The lowest BCUT2D eigenvalue weighted by Crippen LogP contribution is -2.32. The summed E-state index contributed by atoms with van der Waals surface area (Å²) in [4.78, 5) is 17.0. The monoisotopic (exact) mass is 519 g/mol. The fourth-order valence-corrected chi connectivity index (χ4v) is 4.42. The Hall–Kier alpha value is -2.97. The van der Waals surface area contributed by atoms with Gasteiger partial charge in [0.1, 0.15) is 11.5 Å². The van der Waals surface area contributed by atoms with Gasteiger partial charge in [-0.3, -0.25) is 4.79 Å². The molecule has 9 heteroatoms. The lowest BCUT2D eigenvalue weighted by molar-refractivity contribution is -0.137. The number of likely N-dealkylation sites (tertiary alicyclic amines) is 1. The van der Waals surface area contributed by atoms with Gasteiger partial charge in [0, 0.05) is 37.9 Å². The molecule has 0 aromatic heterocycles. The molecule has 0 saturated carbocycles. The Morgan fingerprint density at radius 1 is 1.06 bits per heavy atom. The second kappa shape index (κ2) is 11.8. The largest absolute Gasteiger partial charge is 0.458 e. The van der Waals surface area contributed by atoms with E-state index in [9.17, 15) is 18.0 Å². The van der Waals surface area contributed by atoms with Gasteiger partial charge in [0.25, 0.3) is 0 Å². The molecule has 36 heavy (non-hydrogen) atoms. The standard InChI is InChI=1S/C27H29ClF3N3O2/c28-25-9-6-21(19-24(25)27(29,30)31)32-26(35)10-5-20-3-7-22(8-4-20)36-23-11-15-34(16-12-23)18-17-33-13-1-2-14-33/h3-4,6-9,11-12,15,19H,1-2,5,10,13-14,16-18H2,(H,32,35). The Bertz CT molecular complexity index is 1110. The lowest BCUT2D eigenvalue weighted by atomic mass is 10.1. The first-order valence-corrected chi connectivity index (χ1v) is 12.4. The van der Waals surface area contributed by atoms with Crippen LogP contribution in [0.2, 0.25) is 5.02 Å². The molecule has 0 atom stereocenters. The summed E-state index contributed by atoms with van der Waals surface area (Å²) >= 11 is 5.62. The highest BCUT2D eigenvalue weighted by Crippen LogP contribution is 2.36. The van der Waals surface area contributed by atoms with Crippen molar-refractivity contribution >= 4 is 23.2 Å². The molecular weight excluding hydrogens is 491 g/mol. The Morgan fingerprint density at radius 3 is 2.47 bits per heavy atom. The Balaban J connectivity index is 1.21. The van der Waals surface area contributed by atoms with E-state index in [4.69, 9.17) is 16.3 Å². The van der Waals surface area contributed by atoms with Crippen LogP contribution < -0.4 is 10.1 Å². The zero-order chi connectivity index (χ0) is 25.5. The maximum atomic E-state index is 13.0. The first kappa shape index (κ1) is 26.1. The highest BCUT2D eigenvalue weighted by atomic mass is 35.5. The number of hydrogen-bond acceptors (Lipinski definition) is 4. The predicted molar refractivity (Wildman–Crippen MR) is 135 cm³/mol. The summed E-state index contributed by atoms with van der Waals surface area (Å²) in [5.41, 5.74) is 0.00463. The van der Waals surface area contributed by atoms with Crippen molar-refractivity contribution in [3.63, 3.8) is 0 Å². The number of anilines is 1. The molecule has 5 nitrogen and oxygen atoms in total. The highest BCUT2D eigenvalue weighted by molar-refractivity contribution is 6.31. The number of nitrogens with one attached hydrogen (secondary N) is 1. The number of nitrogens with zero attached hydrogens (tertiary/aromatic N) is 2. The van der Waals surface area contributed by atoms with E-state index in [1.807, 2.05) is 30.3 Å². The number of rotatable bonds is 9. The second-order valence-electron chi connectivity index (χ2n) is 8.95. The topological polar surface area (TPSA) is 44.8 Å². The molecule has 2 heterocycles. The van der Waals surface area contributed by atoms with Crippen molar-refractivity contribution < 1.29 is 22.7 Å². The summed E-state index contributed by atoms with van der Waals surface area (Å²) in [6, 6.07) is 10.8. The molecule has 192 valence electrons. The van der Waals surface area contributed by atoms with Gasteiger partial charge in [-0.15, -0.1) is 0 Å². The second-order valence-corrected chi connectivity index (χ2v) is 9.36. The van der Waals surface area contributed by atoms with Gasteiger partial charge in [-0.25, -0.2) is 0 Å². The number of halogens is 4. The number of alkyl halides is 3.